The second-order valence-corrected chi connectivity index (χ2v) is 3.75. The normalized spacial score (nSPS) is 10.9. The van der Waals surface area contributed by atoms with Gasteiger partial charge < -0.3 is 5.32 Å². The van der Waals surface area contributed by atoms with Crippen LogP contribution in [0.1, 0.15) is 19.4 Å². The number of hydrogen-bond donors (Lipinski definition) is 1. The maximum absolute atomic E-state index is 10.2. The monoisotopic (exact) mass is 177 g/mol. The van der Waals surface area contributed by atoms with Crippen molar-refractivity contribution in [1.82, 2.24) is 5.32 Å². The number of rotatable bonds is 4. The van der Waals surface area contributed by atoms with E-state index in [2.05, 4.69) is 31.3 Å². The fourth-order valence-electron chi connectivity index (χ4n) is 1.29. The number of carbonyl (C=O) groups is 1. The third-order valence-corrected chi connectivity index (χ3v) is 2.18. The first-order valence-electron chi connectivity index (χ1n) is 4.39. The molecule has 0 atom stereocenters. The highest BCUT2D eigenvalue weighted by Gasteiger charge is 2.18. The molecule has 0 bridgehead atoms. The first-order chi connectivity index (χ1) is 6.17. The fraction of sp³-hybridized carbons (Fsp3) is 0.364. The predicted molar refractivity (Wildman–Crippen MR) is 53.5 cm³/mol. The van der Waals surface area contributed by atoms with Gasteiger partial charge in [-0.1, -0.05) is 44.2 Å². The third-order valence-electron chi connectivity index (χ3n) is 2.18. The van der Waals surface area contributed by atoms with Gasteiger partial charge in [0.25, 0.3) is 0 Å². The molecule has 1 aromatic rings. The van der Waals surface area contributed by atoms with Crippen LogP contribution in [0.4, 0.5) is 0 Å². The zero-order chi connectivity index (χ0) is 9.73. The summed E-state index contributed by atoms with van der Waals surface area (Å²) < 4.78 is 0. The lowest BCUT2D eigenvalue weighted by Gasteiger charge is -2.24. The summed E-state index contributed by atoms with van der Waals surface area (Å²) in [6.07, 6.45) is 0.741. The highest BCUT2D eigenvalue weighted by Crippen LogP contribution is 2.21. The van der Waals surface area contributed by atoms with E-state index in [1.54, 1.807) is 0 Å². The maximum Gasteiger partial charge on any atom is 0.207 e. The van der Waals surface area contributed by atoms with Crippen LogP contribution in [0.3, 0.4) is 0 Å². The van der Waals surface area contributed by atoms with Crippen LogP contribution in [0, 0.1) is 0 Å². The van der Waals surface area contributed by atoms with Gasteiger partial charge in [-0.2, -0.15) is 0 Å². The summed E-state index contributed by atoms with van der Waals surface area (Å²) in [6, 6.07) is 10.2. The summed E-state index contributed by atoms with van der Waals surface area (Å²) in [4.78, 5) is 10.2. The van der Waals surface area contributed by atoms with Crippen molar-refractivity contribution in [3.63, 3.8) is 0 Å². The number of nitrogens with one attached hydrogen (secondary N) is 1. The van der Waals surface area contributed by atoms with Crippen molar-refractivity contribution in [3.05, 3.63) is 35.9 Å². The molecule has 0 aliphatic heterocycles. The van der Waals surface area contributed by atoms with Gasteiger partial charge in [0.15, 0.2) is 0 Å². The molecule has 0 radical (unpaired) electrons. The average molecular weight is 177 g/mol. The van der Waals surface area contributed by atoms with Crippen LogP contribution in [-0.2, 0) is 10.2 Å². The minimum Gasteiger partial charge on any atom is -0.358 e. The topological polar surface area (TPSA) is 29.1 Å². The molecule has 1 N–H and O–H groups in total. The van der Waals surface area contributed by atoms with Gasteiger partial charge in [-0.25, -0.2) is 0 Å². The van der Waals surface area contributed by atoms with Gasteiger partial charge in [0.1, 0.15) is 0 Å². The van der Waals surface area contributed by atoms with Crippen LogP contribution in [0.2, 0.25) is 0 Å². The van der Waals surface area contributed by atoms with Gasteiger partial charge in [-0.3, -0.25) is 4.79 Å². The Morgan fingerprint density at radius 2 is 1.92 bits per heavy atom. The first-order valence-corrected chi connectivity index (χ1v) is 4.39. The molecule has 0 aliphatic rings. The smallest absolute Gasteiger partial charge is 0.207 e. The Morgan fingerprint density at radius 3 is 2.46 bits per heavy atom. The molecule has 1 amide bonds. The minimum absolute atomic E-state index is 0.00215. The molecule has 0 saturated heterocycles. The van der Waals surface area contributed by atoms with Gasteiger partial charge >= 0.3 is 0 Å². The van der Waals surface area contributed by atoms with E-state index >= 15 is 0 Å². The molecule has 0 saturated carbocycles. The Hall–Kier alpha value is -1.31. The molecule has 1 rings (SSSR count). The van der Waals surface area contributed by atoms with Crippen molar-refractivity contribution in [2.75, 3.05) is 6.54 Å². The van der Waals surface area contributed by atoms with Gasteiger partial charge in [0.2, 0.25) is 6.41 Å². The van der Waals surface area contributed by atoms with Gasteiger partial charge in [-0.15, -0.1) is 0 Å². The van der Waals surface area contributed by atoms with Crippen LogP contribution in [0.15, 0.2) is 30.3 Å². The Morgan fingerprint density at radius 1 is 1.31 bits per heavy atom. The van der Waals surface area contributed by atoms with Crippen molar-refractivity contribution in [3.8, 4) is 0 Å². The largest absolute Gasteiger partial charge is 0.358 e. The van der Waals surface area contributed by atoms with Crippen LogP contribution < -0.4 is 5.32 Å². The third kappa shape index (κ3) is 2.58. The molecule has 0 aromatic heterocycles. The minimum atomic E-state index is 0.00215. The summed E-state index contributed by atoms with van der Waals surface area (Å²) in [7, 11) is 0. The summed E-state index contributed by atoms with van der Waals surface area (Å²) in [6.45, 7) is 4.89. The highest BCUT2D eigenvalue weighted by molar-refractivity contribution is 5.46. The van der Waals surface area contributed by atoms with Crippen molar-refractivity contribution in [2.24, 2.45) is 0 Å². The van der Waals surface area contributed by atoms with Crippen LogP contribution in [0.5, 0.6) is 0 Å². The molecule has 0 spiro atoms. The number of benzene rings is 1. The maximum atomic E-state index is 10.2. The molecule has 70 valence electrons. The number of hydrogen-bond acceptors (Lipinski definition) is 1. The molecule has 0 aliphatic carbocycles. The predicted octanol–water partition coefficient (Wildman–Crippen LogP) is 1.71. The lowest BCUT2D eigenvalue weighted by molar-refractivity contribution is -0.109. The van der Waals surface area contributed by atoms with E-state index < -0.39 is 0 Å². The molecule has 1 aromatic carbocycles. The second-order valence-electron chi connectivity index (χ2n) is 3.75. The zero-order valence-corrected chi connectivity index (χ0v) is 8.08. The van der Waals surface area contributed by atoms with Gasteiger partial charge in [0, 0.05) is 12.0 Å². The molecule has 0 heterocycles. The number of amides is 1. The molecule has 2 nitrogen and oxygen atoms in total. The number of carbonyl (C=O) groups excluding carboxylic acids is 1. The summed E-state index contributed by atoms with van der Waals surface area (Å²) >= 11 is 0. The van der Waals surface area contributed by atoms with Crippen molar-refractivity contribution in [1.29, 1.82) is 0 Å². The van der Waals surface area contributed by atoms with E-state index in [-0.39, 0.29) is 5.41 Å². The Bertz CT molecular complexity index is 267. The Balaban J connectivity index is 2.74. The van der Waals surface area contributed by atoms with Crippen LogP contribution in [0.25, 0.3) is 0 Å². The second kappa shape index (κ2) is 4.08. The molecular weight excluding hydrogens is 162 g/mol. The fourth-order valence-corrected chi connectivity index (χ4v) is 1.29. The quantitative estimate of drug-likeness (QED) is 0.697. The summed E-state index contributed by atoms with van der Waals surface area (Å²) in [5.74, 6) is 0. The SMILES string of the molecule is CC(C)(CNC=O)c1ccccc1. The Labute approximate surface area is 79.0 Å². The molecule has 0 unspecified atom stereocenters. The summed E-state index contributed by atoms with van der Waals surface area (Å²) in [5.41, 5.74) is 1.24. The van der Waals surface area contributed by atoms with Gasteiger partial charge in [0.05, 0.1) is 0 Å². The molecular formula is C11H15NO. The standard InChI is InChI=1S/C11H15NO/c1-11(2,8-12-9-13)10-6-4-3-5-7-10/h3-7,9H,8H2,1-2H3,(H,12,13). The Kier molecular flexibility index (Phi) is 3.07. The van der Waals surface area contributed by atoms with Crippen LogP contribution >= 0.6 is 0 Å². The lowest BCUT2D eigenvalue weighted by atomic mass is 9.85. The van der Waals surface area contributed by atoms with Crippen molar-refractivity contribution in [2.45, 2.75) is 19.3 Å². The van der Waals surface area contributed by atoms with Crippen molar-refractivity contribution >= 4 is 6.41 Å². The van der Waals surface area contributed by atoms with E-state index in [0.717, 1.165) is 6.41 Å². The lowest BCUT2D eigenvalue weighted by Crippen LogP contribution is -2.32. The van der Waals surface area contributed by atoms with E-state index in [1.165, 1.54) is 5.56 Å². The van der Waals surface area contributed by atoms with Gasteiger partial charge in [-0.05, 0) is 5.56 Å². The zero-order valence-electron chi connectivity index (χ0n) is 8.08. The molecule has 2 heteroatoms. The first kappa shape index (κ1) is 9.78. The van der Waals surface area contributed by atoms with Crippen molar-refractivity contribution < 1.29 is 4.79 Å². The average Bonchev–Trinajstić information content (AvgIpc) is 2.16. The van der Waals surface area contributed by atoms with E-state index in [4.69, 9.17) is 0 Å². The van der Waals surface area contributed by atoms with Crippen LogP contribution in [-0.4, -0.2) is 13.0 Å². The van der Waals surface area contributed by atoms with E-state index in [9.17, 15) is 4.79 Å². The highest BCUT2D eigenvalue weighted by atomic mass is 16.1. The van der Waals surface area contributed by atoms with E-state index in [1.807, 2.05) is 18.2 Å². The molecule has 0 fully saturated rings. The van der Waals surface area contributed by atoms with E-state index in [0.29, 0.717) is 6.54 Å². The molecule has 13 heavy (non-hydrogen) atoms. The summed E-state index contributed by atoms with van der Waals surface area (Å²) in [5, 5.41) is 2.71.